The molecule has 0 saturated heterocycles. The van der Waals surface area contributed by atoms with E-state index in [0.717, 1.165) is 29.1 Å². The summed E-state index contributed by atoms with van der Waals surface area (Å²) < 4.78 is 178. The van der Waals surface area contributed by atoms with E-state index in [1.54, 1.807) is 67.6 Å². The molecule has 0 saturated carbocycles. The van der Waals surface area contributed by atoms with E-state index in [0.29, 0.717) is 139 Å². The number of benzene rings is 4. The summed E-state index contributed by atoms with van der Waals surface area (Å²) in [7, 11) is -1.81. The first-order valence-electron chi connectivity index (χ1n) is 47.2. The highest BCUT2D eigenvalue weighted by Gasteiger charge is 2.35. The zero-order valence-electron chi connectivity index (χ0n) is 85.8. The molecule has 12 aromatic rings. The second-order valence-corrected chi connectivity index (χ2v) is 43.5. The first-order chi connectivity index (χ1) is 68.2. The number of nitrogens with one attached hydrogen (secondary N) is 4. The Hall–Kier alpha value is -13.5. The molecule has 42 heteroatoms. The van der Waals surface area contributed by atoms with Gasteiger partial charge < -0.3 is 29.3 Å². The van der Waals surface area contributed by atoms with Crippen LogP contribution in [0.4, 0.5) is 29.2 Å². The number of carbonyl (C=O) groups is 4. The summed E-state index contributed by atoms with van der Waals surface area (Å²) in [5, 5.41) is 16.0. The molecule has 0 bridgehead atoms. The number of amides is 4. The maximum absolute atomic E-state index is 14.9. The van der Waals surface area contributed by atoms with Gasteiger partial charge in [0, 0.05) is 104 Å². The molecule has 4 atom stereocenters. The van der Waals surface area contributed by atoms with Crippen LogP contribution in [0.1, 0.15) is 224 Å². The lowest BCUT2D eigenvalue weighted by Crippen LogP contribution is -2.32. The van der Waals surface area contributed by atoms with Gasteiger partial charge in [0.2, 0.25) is 23.6 Å². The van der Waals surface area contributed by atoms with Crippen LogP contribution in [0, 0.1) is 43.3 Å². The van der Waals surface area contributed by atoms with Gasteiger partial charge in [-0.15, -0.1) is 9.97 Å². The molecule has 4 N–H and O–H groups in total. The fourth-order valence-corrected chi connectivity index (χ4v) is 20.7. The fourth-order valence-electron chi connectivity index (χ4n) is 16.8. The molecule has 4 amide bonds. The Morgan fingerprint density at radius 2 is 0.669 bits per heavy atom. The van der Waals surface area contributed by atoms with E-state index >= 15 is 0 Å². The van der Waals surface area contributed by atoms with E-state index in [4.69, 9.17) is 13.1 Å². The van der Waals surface area contributed by atoms with Crippen molar-refractivity contribution in [1.29, 1.82) is 0 Å². The fraction of sp³-hybridized carbons (Fsp3) is 0.398. The lowest BCUT2D eigenvalue weighted by Gasteiger charge is -2.20. The predicted octanol–water partition coefficient (Wildman–Crippen LogP) is 16.4. The number of aryl methyl sites for hydroxylation is 5. The number of rotatable bonds is 35. The molecular formula is C103H126F4N22O12S4. The first kappa shape index (κ1) is 113. The highest BCUT2D eigenvalue weighted by molar-refractivity contribution is 7.90. The van der Waals surface area contributed by atoms with Crippen LogP contribution < -0.4 is 18.9 Å². The van der Waals surface area contributed by atoms with Crippen molar-refractivity contribution >= 4 is 75.4 Å². The lowest BCUT2D eigenvalue weighted by molar-refractivity contribution is -0.119. The van der Waals surface area contributed by atoms with E-state index in [1.807, 2.05) is 186 Å². The Kier molecular flexibility index (Phi) is 38.0. The van der Waals surface area contributed by atoms with Gasteiger partial charge in [-0.05, 0) is 330 Å². The van der Waals surface area contributed by atoms with Gasteiger partial charge in [-0.2, -0.15) is 54.1 Å². The largest absolute Gasteiger partial charge is 0.361 e. The Morgan fingerprint density at radius 1 is 0.379 bits per heavy atom. The summed E-state index contributed by atoms with van der Waals surface area (Å²) in [4.78, 5) is 82.9. The summed E-state index contributed by atoms with van der Waals surface area (Å²) >= 11 is 0. The Labute approximate surface area is 846 Å². The normalized spacial score (nSPS) is 13.0. The number of pyridine rings is 4. The predicted molar refractivity (Wildman–Crippen MR) is 546 cm³/mol. The second kappa shape index (κ2) is 48.5. The van der Waals surface area contributed by atoms with E-state index in [-0.39, 0.29) is 105 Å². The number of sulfonamides is 4. The maximum Gasteiger partial charge on any atom is 0.283 e. The van der Waals surface area contributed by atoms with E-state index in [1.165, 1.54) is 91.3 Å². The van der Waals surface area contributed by atoms with E-state index < -0.39 is 81.2 Å². The standard InChI is InChI=1S/C26H29FN6O3S.C26H31FN6O3S.C26H34FN5O3S.C25H32FN5O3S/c1-6-33-23(16(2)32(4)5)15-26(30-33)37(35,36)31-25(34)14-21-18-8-7-9-19(18)22(27)13-20(21)17-10-11-29-24(12-17)28-3;1-8-33-23(17(4)32(6)7)15-26(30-33)37(35,36)31-25(34)14-22-20(16(2)3)12-19(27)13-21(22)18-9-10-29-24(11-18)28-5;1-8-32-24(18(5)31(6)7)15-26(29-32)36(34,35)30-25(33)14-23-21(16(2)3)12-20(27)13-22(23)19-9-10-28-17(4)11-19;1-7-31-23(17(4)30(5)6)14-25(28-31)35(33,34)29-24(32)13-22-20(16(2)3)11-19(26)12-21(22)18-9-8-10-27-15-18/h10-13,15-16H,6-9,14H2,1-2,4-5H3,(H,31,34);9-13,15-17H,8,14H2,1-4,6-7H3,(H,31,34);9-13,15-16,18H,8,14H2,1-7H3,(H,30,33);8-12,14-17H,7,13H2,1-6H3,(H,29,32). The van der Waals surface area contributed by atoms with Gasteiger partial charge in [0.25, 0.3) is 51.7 Å². The number of hydrogen-bond acceptors (Lipinski definition) is 24. The molecule has 34 nitrogen and oxygen atoms in total. The molecule has 0 fully saturated rings. The minimum absolute atomic E-state index is 0.0723. The minimum atomic E-state index is -4.25. The van der Waals surface area contributed by atoms with Crippen LogP contribution in [0.15, 0.2) is 166 Å². The van der Waals surface area contributed by atoms with Crippen molar-refractivity contribution < 1.29 is 70.4 Å². The summed E-state index contributed by atoms with van der Waals surface area (Å²) in [6, 6.07) is 28.5. The average Bonchev–Trinajstić information content (AvgIpc) is 1.64. The van der Waals surface area contributed by atoms with E-state index in [2.05, 4.69) is 68.9 Å². The second-order valence-electron chi connectivity index (χ2n) is 37.0. The van der Waals surface area contributed by atoms with Gasteiger partial charge in [0.1, 0.15) is 35.7 Å². The smallest absolute Gasteiger partial charge is 0.283 e. The number of hydrogen-bond donors (Lipinski definition) is 4. The number of aromatic nitrogens is 12. The van der Waals surface area contributed by atoms with Crippen molar-refractivity contribution in [3.8, 4) is 44.5 Å². The SMILES string of the molecule is CCn1nc(S(=O)(=O)NC(=O)Cc2c(-c3cccnc3)cc(F)cc2C(C)C)cc1C(C)N(C)C.CCn1nc(S(=O)(=O)NC(=O)Cc2c(-c3ccnc(C)c3)cc(F)cc2C(C)C)cc1C(C)N(C)C.[C-]#[N+]c1cc(-c2cc(F)c3c(c2CC(=O)NS(=O)(=O)c2cc(C(C)N(C)C)n(CC)n2)CCC3)ccn1.[C-]#[N+]c1cc(-c2cc(F)cc(C(C)C)c2CC(=O)NS(=O)(=O)c2cc(C(C)N(C)C)n(CC)n2)ccn1. The molecule has 0 spiro atoms. The van der Waals surface area contributed by atoms with Crippen molar-refractivity contribution in [2.75, 3.05) is 56.4 Å². The Morgan fingerprint density at radius 3 is 0.952 bits per heavy atom. The Balaban J connectivity index is 0.000000198. The van der Waals surface area contributed by atoms with E-state index in [9.17, 15) is 70.4 Å². The monoisotopic (exact) mass is 2070 g/mol. The molecule has 1 aliphatic rings. The van der Waals surface area contributed by atoms with Crippen LogP contribution in [-0.2, 0) is 124 Å². The molecule has 145 heavy (non-hydrogen) atoms. The maximum atomic E-state index is 14.9. The third-order valence-electron chi connectivity index (χ3n) is 25.2. The topological polar surface area (TPSA) is 397 Å². The van der Waals surface area contributed by atoms with Gasteiger partial charge in [-0.1, -0.05) is 60.8 Å². The van der Waals surface area contributed by atoms with Crippen molar-refractivity contribution in [3.05, 3.63) is 271 Å². The number of halogens is 4. The third-order valence-corrected chi connectivity index (χ3v) is 30.2. The molecule has 13 rings (SSSR count). The molecular weight excluding hydrogens is 1940 g/mol. The van der Waals surface area contributed by atoms with Crippen LogP contribution >= 0.6 is 0 Å². The average molecular weight is 2070 g/mol. The number of carbonyl (C=O) groups excluding carboxylic acids is 4. The van der Waals surface area contributed by atoms with Crippen molar-refractivity contribution in [2.24, 2.45) is 0 Å². The molecule has 0 aliphatic heterocycles. The van der Waals surface area contributed by atoms with Gasteiger partial charge in [-0.25, -0.2) is 36.5 Å². The van der Waals surface area contributed by atoms with Crippen LogP contribution in [0.5, 0.6) is 0 Å². The lowest BCUT2D eigenvalue weighted by atomic mass is 9.88. The molecule has 4 unspecified atom stereocenters. The van der Waals surface area contributed by atoms with Gasteiger partial charge in [0.05, 0.1) is 48.5 Å². The molecule has 0 radical (unpaired) electrons. The zero-order valence-corrected chi connectivity index (χ0v) is 89.0. The summed E-state index contributed by atoms with van der Waals surface area (Å²) in [5.74, 6) is -4.73. The van der Waals surface area contributed by atoms with Crippen LogP contribution in [0.2, 0.25) is 0 Å². The molecule has 4 aromatic carbocycles. The minimum Gasteiger partial charge on any atom is -0.361 e. The Bertz CT molecular complexity index is 7360. The molecule has 772 valence electrons. The quantitative estimate of drug-likeness (QED) is 0.0212. The van der Waals surface area contributed by atoms with Crippen LogP contribution in [0.25, 0.3) is 54.2 Å². The third kappa shape index (κ3) is 27.8. The van der Waals surface area contributed by atoms with Crippen LogP contribution in [0.3, 0.4) is 0 Å². The number of nitrogens with zero attached hydrogens (tertiary/aromatic N) is 18. The summed E-state index contributed by atoms with van der Waals surface area (Å²) in [5.41, 5.74) is 13.2. The summed E-state index contributed by atoms with van der Waals surface area (Å²) in [6.45, 7) is 44.7. The zero-order chi connectivity index (χ0) is 107. The molecule has 8 heterocycles. The van der Waals surface area contributed by atoms with Crippen molar-refractivity contribution in [3.63, 3.8) is 0 Å². The van der Waals surface area contributed by atoms with Gasteiger partial charge in [0.15, 0.2) is 20.1 Å². The number of fused-ring (bicyclic) bond motifs is 1. The van der Waals surface area contributed by atoms with Gasteiger partial charge in [-0.3, -0.25) is 47.9 Å². The first-order valence-corrected chi connectivity index (χ1v) is 53.1. The highest BCUT2D eigenvalue weighted by Crippen LogP contribution is 2.41. The van der Waals surface area contributed by atoms with Gasteiger partial charge >= 0.3 is 0 Å². The molecule has 8 aromatic heterocycles. The highest BCUT2D eigenvalue weighted by atomic mass is 32.2. The summed E-state index contributed by atoms with van der Waals surface area (Å²) in [6.07, 6.45) is 8.53. The van der Waals surface area contributed by atoms with Crippen molar-refractivity contribution in [2.45, 2.75) is 237 Å². The van der Waals surface area contributed by atoms with Crippen LogP contribution in [-0.4, -0.2) is 192 Å². The van der Waals surface area contributed by atoms with Crippen molar-refractivity contribution in [1.82, 2.24) is 97.5 Å². The molecule has 1 aliphatic carbocycles.